The number of carbonyl (C=O) groups is 2. The van der Waals surface area contributed by atoms with Crippen molar-refractivity contribution in [2.24, 2.45) is 0 Å². The average Bonchev–Trinajstić information content (AvgIpc) is 3.05. The number of benzene rings is 3. The summed E-state index contributed by atoms with van der Waals surface area (Å²) in [7, 11) is 0. The van der Waals surface area contributed by atoms with Gasteiger partial charge in [-0.05, 0) is 54.1 Å². The Hall–Kier alpha value is -4.04. The summed E-state index contributed by atoms with van der Waals surface area (Å²) in [5, 5.41) is 22.7. The van der Waals surface area contributed by atoms with Gasteiger partial charge in [0.05, 0.1) is 16.5 Å². The molecule has 3 aromatic rings. The number of nitro groups is 1. The highest BCUT2D eigenvalue weighted by atomic mass is 35.5. The van der Waals surface area contributed by atoms with Crippen LogP contribution in [0.3, 0.4) is 0 Å². The molecule has 1 heterocycles. The van der Waals surface area contributed by atoms with Crippen LogP contribution in [0.25, 0.3) is 5.76 Å². The van der Waals surface area contributed by atoms with Crippen LogP contribution < -0.4 is 4.90 Å². The first-order valence-corrected chi connectivity index (χ1v) is 9.72. The van der Waals surface area contributed by atoms with E-state index in [9.17, 15) is 29.2 Å². The van der Waals surface area contributed by atoms with Crippen molar-refractivity contribution < 1.29 is 24.0 Å². The third-order valence-electron chi connectivity index (χ3n) is 5.06. The van der Waals surface area contributed by atoms with E-state index in [2.05, 4.69) is 0 Å². The van der Waals surface area contributed by atoms with Gasteiger partial charge in [-0.1, -0.05) is 23.7 Å². The predicted octanol–water partition coefficient (Wildman–Crippen LogP) is 5.01. The minimum Gasteiger partial charge on any atom is -0.507 e. The highest BCUT2D eigenvalue weighted by molar-refractivity contribution is 6.51. The fraction of sp³-hybridized carbons (Fsp3) is 0.0435. The molecule has 1 amide bonds. The second-order valence-corrected chi connectivity index (χ2v) is 7.44. The van der Waals surface area contributed by atoms with E-state index in [-0.39, 0.29) is 28.1 Å². The molecule has 1 N–H and O–H groups in total. The summed E-state index contributed by atoms with van der Waals surface area (Å²) in [6.07, 6.45) is 0. The molecule has 32 heavy (non-hydrogen) atoms. The Morgan fingerprint density at radius 2 is 1.69 bits per heavy atom. The molecule has 9 heteroatoms. The van der Waals surface area contributed by atoms with Crippen LogP contribution in [0.15, 0.2) is 78.4 Å². The fourth-order valence-corrected chi connectivity index (χ4v) is 3.71. The zero-order chi connectivity index (χ0) is 23.0. The molecular formula is C23H14ClFN2O5. The molecule has 0 saturated carbocycles. The Morgan fingerprint density at radius 3 is 2.31 bits per heavy atom. The first-order valence-electron chi connectivity index (χ1n) is 9.35. The number of hydrogen-bond donors (Lipinski definition) is 1. The van der Waals surface area contributed by atoms with Gasteiger partial charge in [-0.3, -0.25) is 24.6 Å². The summed E-state index contributed by atoms with van der Waals surface area (Å²) in [5.74, 6) is -2.93. The second-order valence-electron chi connectivity index (χ2n) is 7.00. The molecule has 1 aliphatic rings. The summed E-state index contributed by atoms with van der Waals surface area (Å²) in [5.41, 5.74) is 0.168. The van der Waals surface area contributed by atoms with E-state index in [1.165, 1.54) is 60.7 Å². The number of hydrogen-bond acceptors (Lipinski definition) is 5. The van der Waals surface area contributed by atoms with Crippen molar-refractivity contribution in [1.82, 2.24) is 0 Å². The molecule has 0 aliphatic carbocycles. The molecular weight excluding hydrogens is 439 g/mol. The standard InChI is InChI=1S/C23H14ClFN2O5/c24-15-6-4-13(5-7-15)21(28)19-20(14-2-1-3-18(12-14)27(31)32)26(23(30)22(19)29)17-10-8-16(25)9-11-17/h1-12,20,28H. The number of nitro benzene ring substituents is 1. The lowest BCUT2D eigenvalue weighted by Crippen LogP contribution is -2.29. The largest absolute Gasteiger partial charge is 0.507 e. The number of nitrogens with zero attached hydrogens (tertiary/aromatic N) is 2. The molecule has 1 saturated heterocycles. The van der Waals surface area contributed by atoms with Crippen LogP contribution in [0, 0.1) is 15.9 Å². The molecule has 1 fully saturated rings. The van der Waals surface area contributed by atoms with Gasteiger partial charge in [-0.2, -0.15) is 0 Å². The van der Waals surface area contributed by atoms with Crippen molar-refractivity contribution in [3.05, 3.63) is 110 Å². The molecule has 0 spiro atoms. The number of halogens is 2. The van der Waals surface area contributed by atoms with E-state index < -0.39 is 34.2 Å². The monoisotopic (exact) mass is 452 g/mol. The van der Waals surface area contributed by atoms with Crippen LogP contribution in [0.2, 0.25) is 5.02 Å². The van der Waals surface area contributed by atoms with Gasteiger partial charge < -0.3 is 5.11 Å². The van der Waals surface area contributed by atoms with Crippen molar-refractivity contribution in [2.45, 2.75) is 6.04 Å². The van der Waals surface area contributed by atoms with Crippen LogP contribution in [0.4, 0.5) is 15.8 Å². The molecule has 0 radical (unpaired) electrons. The quantitative estimate of drug-likeness (QED) is 0.197. The lowest BCUT2D eigenvalue weighted by Gasteiger charge is -2.25. The van der Waals surface area contributed by atoms with Crippen molar-refractivity contribution >= 4 is 40.4 Å². The van der Waals surface area contributed by atoms with Crippen LogP contribution >= 0.6 is 11.6 Å². The van der Waals surface area contributed by atoms with Gasteiger partial charge in [0, 0.05) is 28.4 Å². The van der Waals surface area contributed by atoms with E-state index in [0.29, 0.717) is 5.02 Å². The van der Waals surface area contributed by atoms with Crippen molar-refractivity contribution in [3.63, 3.8) is 0 Å². The average molecular weight is 453 g/mol. The van der Waals surface area contributed by atoms with Crippen LogP contribution in [-0.2, 0) is 9.59 Å². The third-order valence-corrected chi connectivity index (χ3v) is 5.32. The molecule has 1 aliphatic heterocycles. The third kappa shape index (κ3) is 3.72. The van der Waals surface area contributed by atoms with Crippen molar-refractivity contribution in [1.29, 1.82) is 0 Å². The first-order chi connectivity index (χ1) is 15.3. The maximum Gasteiger partial charge on any atom is 0.300 e. The van der Waals surface area contributed by atoms with Gasteiger partial charge in [0.1, 0.15) is 11.6 Å². The van der Waals surface area contributed by atoms with Gasteiger partial charge in [-0.25, -0.2) is 4.39 Å². The number of ketones is 1. The Balaban J connectivity index is 1.96. The summed E-state index contributed by atoms with van der Waals surface area (Å²) in [6, 6.07) is 15.1. The number of Topliss-reactive ketones (excluding diaryl/α,β-unsaturated/α-hetero) is 1. The molecule has 160 valence electrons. The highest BCUT2D eigenvalue weighted by Crippen LogP contribution is 2.42. The number of amides is 1. The molecule has 7 nitrogen and oxygen atoms in total. The number of non-ortho nitro benzene ring substituents is 1. The van der Waals surface area contributed by atoms with E-state index >= 15 is 0 Å². The van der Waals surface area contributed by atoms with Gasteiger partial charge in [0.2, 0.25) is 0 Å². The van der Waals surface area contributed by atoms with E-state index in [0.717, 1.165) is 17.0 Å². The maximum atomic E-state index is 13.5. The second kappa shape index (κ2) is 8.24. The van der Waals surface area contributed by atoms with Crippen molar-refractivity contribution in [3.8, 4) is 0 Å². The normalized spacial score (nSPS) is 17.6. The van der Waals surface area contributed by atoms with Crippen LogP contribution in [0.5, 0.6) is 0 Å². The van der Waals surface area contributed by atoms with Gasteiger partial charge in [-0.15, -0.1) is 0 Å². The van der Waals surface area contributed by atoms with Crippen LogP contribution in [0.1, 0.15) is 17.2 Å². The number of anilines is 1. The number of aliphatic hydroxyl groups excluding tert-OH is 1. The fourth-order valence-electron chi connectivity index (χ4n) is 3.59. The zero-order valence-corrected chi connectivity index (χ0v) is 17.0. The minimum atomic E-state index is -1.17. The lowest BCUT2D eigenvalue weighted by atomic mass is 9.95. The molecule has 0 aromatic heterocycles. The smallest absolute Gasteiger partial charge is 0.300 e. The summed E-state index contributed by atoms with van der Waals surface area (Å²) in [6.45, 7) is 0. The van der Waals surface area contributed by atoms with E-state index in [4.69, 9.17) is 11.6 Å². The Kier molecular flexibility index (Phi) is 5.46. The van der Waals surface area contributed by atoms with Gasteiger partial charge >= 0.3 is 0 Å². The Morgan fingerprint density at radius 1 is 1.03 bits per heavy atom. The number of carbonyl (C=O) groups excluding carboxylic acids is 2. The maximum absolute atomic E-state index is 13.5. The van der Waals surface area contributed by atoms with Crippen molar-refractivity contribution in [2.75, 3.05) is 4.90 Å². The molecule has 3 aromatic carbocycles. The molecule has 4 rings (SSSR count). The number of rotatable bonds is 4. The SMILES string of the molecule is O=C1C(=O)N(c2ccc(F)cc2)C(c2cccc([N+](=O)[O-])c2)C1=C(O)c1ccc(Cl)cc1. The first kappa shape index (κ1) is 21.2. The highest BCUT2D eigenvalue weighted by Gasteiger charge is 2.47. The zero-order valence-electron chi connectivity index (χ0n) is 16.2. The molecule has 1 atom stereocenters. The lowest BCUT2D eigenvalue weighted by molar-refractivity contribution is -0.384. The van der Waals surface area contributed by atoms with E-state index in [1.807, 2.05) is 0 Å². The van der Waals surface area contributed by atoms with Crippen LogP contribution in [-0.4, -0.2) is 21.7 Å². The topological polar surface area (TPSA) is 101 Å². The predicted molar refractivity (Wildman–Crippen MR) is 116 cm³/mol. The summed E-state index contributed by atoms with van der Waals surface area (Å²) in [4.78, 5) is 37.8. The Labute approximate surface area is 186 Å². The number of aliphatic hydroxyl groups is 1. The summed E-state index contributed by atoms with van der Waals surface area (Å²) >= 11 is 5.89. The van der Waals surface area contributed by atoms with Gasteiger partial charge in [0.25, 0.3) is 17.4 Å². The van der Waals surface area contributed by atoms with E-state index in [1.54, 1.807) is 0 Å². The van der Waals surface area contributed by atoms with Gasteiger partial charge in [0.15, 0.2) is 0 Å². The molecule has 1 unspecified atom stereocenters. The minimum absolute atomic E-state index is 0.195. The summed E-state index contributed by atoms with van der Waals surface area (Å²) < 4.78 is 13.5. The Bertz CT molecular complexity index is 1270. The molecule has 0 bridgehead atoms.